The van der Waals surface area contributed by atoms with Crippen LogP contribution in [0.2, 0.25) is 0 Å². The van der Waals surface area contributed by atoms with E-state index in [1.807, 2.05) is 0 Å². The van der Waals surface area contributed by atoms with Crippen LogP contribution in [0.25, 0.3) is 0 Å². The van der Waals surface area contributed by atoms with Crippen LogP contribution in [-0.2, 0) is 11.3 Å². The predicted octanol–water partition coefficient (Wildman–Crippen LogP) is 1.83. The average Bonchev–Trinajstić information content (AvgIpc) is 2.37. The summed E-state index contributed by atoms with van der Waals surface area (Å²) in [5.74, 6) is -1.30. The Morgan fingerprint density at radius 3 is 2.74 bits per heavy atom. The van der Waals surface area contributed by atoms with Gasteiger partial charge in [-0.15, -0.1) is 0 Å². The highest BCUT2D eigenvalue weighted by Gasteiger charge is 2.12. The highest BCUT2D eigenvalue weighted by molar-refractivity contribution is 5.75. The number of halogens is 1. The summed E-state index contributed by atoms with van der Waals surface area (Å²) in [5, 5.41) is 11.2. The molecule has 0 radical (unpaired) electrons. The van der Waals surface area contributed by atoms with E-state index >= 15 is 0 Å². The lowest BCUT2D eigenvalue weighted by Crippen LogP contribution is -2.40. The van der Waals surface area contributed by atoms with Gasteiger partial charge in [-0.2, -0.15) is 0 Å². The molecule has 19 heavy (non-hydrogen) atoms. The maximum absolute atomic E-state index is 12.9. The Morgan fingerprint density at radius 1 is 1.42 bits per heavy atom. The van der Waals surface area contributed by atoms with Gasteiger partial charge in [-0.3, -0.25) is 4.79 Å². The number of hydrogen-bond acceptors (Lipinski definition) is 2. The SMILES string of the molecule is CCN(CCC(=O)O)C(=O)NCc1cccc(F)c1. The van der Waals surface area contributed by atoms with Gasteiger partial charge in [0.1, 0.15) is 5.82 Å². The highest BCUT2D eigenvalue weighted by atomic mass is 19.1. The number of amides is 2. The first-order valence-electron chi connectivity index (χ1n) is 6.02. The number of urea groups is 1. The van der Waals surface area contributed by atoms with E-state index in [1.165, 1.54) is 17.0 Å². The molecule has 1 rings (SSSR count). The first kappa shape index (κ1) is 14.9. The molecule has 6 heteroatoms. The Bertz CT molecular complexity index is 451. The number of carboxylic acid groups (broad SMARTS) is 1. The van der Waals surface area contributed by atoms with Crippen LogP contribution in [0.15, 0.2) is 24.3 Å². The molecule has 0 heterocycles. The van der Waals surface area contributed by atoms with Gasteiger partial charge in [-0.1, -0.05) is 12.1 Å². The van der Waals surface area contributed by atoms with Crippen molar-refractivity contribution in [2.45, 2.75) is 19.9 Å². The van der Waals surface area contributed by atoms with Gasteiger partial charge in [0.2, 0.25) is 0 Å². The fourth-order valence-corrected chi connectivity index (χ4v) is 1.57. The second-order valence-corrected chi connectivity index (χ2v) is 4.01. The van der Waals surface area contributed by atoms with Gasteiger partial charge in [0, 0.05) is 19.6 Å². The molecule has 0 aromatic heterocycles. The maximum Gasteiger partial charge on any atom is 0.317 e. The summed E-state index contributed by atoms with van der Waals surface area (Å²) in [6.07, 6.45) is -0.0960. The summed E-state index contributed by atoms with van der Waals surface area (Å²) in [4.78, 5) is 23.6. The normalized spacial score (nSPS) is 10.0. The second-order valence-electron chi connectivity index (χ2n) is 4.01. The van der Waals surface area contributed by atoms with E-state index in [-0.39, 0.29) is 31.4 Å². The molecule has 5 nitrogen and oxygen atoms in total. The predicted molar refractivity (Wildman–Crippen MR) is 68.1 cm³/mol. The Kier molecular flexibility index (Phi) is 5.78. The van der Waals surface area contributed by atoms with Gasteiger partial charge >= 0.3 is 12.0 Å². The Hall–Kier alpha value is -2.11. The minimum atomic E-state index is -0.948. The maximum atomic E-state index is 12.9. The minimum Gasteiger partial charge on any atom is -0.481 e. The van der Waals surface area contributed by atoms with Gasteiger partial charge in [-0.25, -0.2) is 9.18 Å². The van der Waals surface area contributed by atoms with E-state index in [2.05, 4.69) is 5.32 Å². The van der Waals surface area contributed by atoms with Crippen LogP contribution in [0.4, 0.5) is 9.18 Å². The van der Waals surface area contributed by atoms with Crippen LogP contribution in [0.5, 0.6) is 0 Å². The zero-order chi connectivity index (χ0) is 14.3. The van der Waals surface area contributed by atoms with Crippen molar-refractivity contribution >= 4 is 12.0 Å². The van der Waals surface area contributed by atoms with Gasteiger partial charge < -0.3 is 15.3 Å². The molecule has 0 unspecified atom stereocenters. The molecule has 0 fully saturated rings. The molecule has 0 atom stereocenters. The van der Waals surface area contributed by atoms with Crippen molar-refractivity contribution < 1.29 is 19.1 Å². The lowest BCUT2D eigenvalue weighted by molar-refractivity contribution is -0.137. The highest BCUT2D eigenvalue weighted by Crippen LogP contribution is 2.03. The molecule has 0 aliphatic heterocycles. The number of nitrogens with zero attached hydrogens (tertiary/aromatic N) is 1. The van der Waals surface area contributed by atoms with Crippen LogP contribution in [-0.4, -0.2) is 35.1 Å². The molecule has 0 aliphatic carbocycles. The number of rotatable bonds is 6. The summed E-state index contributed by atoms with van der Waals surface area (Å²) in [7, 11) is 0. The van der Waals surface area contributed by atoms with Crippen molar-refractivity contribution in [3.05, 3.63) is 35.6 Å². The van der Waals surface area contributed by atoms with Gasteiger partial charge in [0.05, 0.1) is 6.42 Å². The first-order chi connectivity index (χ1) is 9.02. The number of aliphatic carboxylic acids is 1. The van der Waals surface area contributed by atoms with Crippen molar-refractivity contribution in [2.75, 3.05) is 13.1 Å². The molecular formula is C13H17FN2O3. The summed E-state index contributed by atoms with van der Waals surface area (Å²) < 4.78 is 12.9. The Balaban J connectivity index is 2.46. The summed E-state index contributed by atoms with van der Waals surface area (Å²) in [6, 6.07) is 5.59. The molecule has 0 saturated heterocycles. The molecule has 2 amide bonds. The third-order valence-corrected chi connectivity index (χ3v) is 2.60. The molecular weight excluding hydrogens is 251 g/mol. The third-order valence-electron chi connectivity index (χ3n) is 2.60. The molecule has 104 valence electrons. The largest absolute Gasteiger partial charge is 0.481 e. The van der Waals surface area contributed by atoms with Crippen LogP contribution < -0.4 is 5.32 Å². The quantitative estimate of drug-likeness (QED) is 0.827. The number of nitrogens with one attached hydrogen (secondary N) is 1. The smallest absolute Gasteiger partial charge is 0.317 e. The molecule has 0 bridgehead atoms. The van der Waals surface area contributed by atoms with Gasteiger partial charge in [-0.05, 0) is 24.6 Å². The fraction of sp³-hybridized carbons (Fsp3) is 0.385. The van der Waals surface area contributed by atoms with Crippen molar-refractivity contribution in [3.8, 4) is 0 Å². The van der Waals surface area contributed by atoms with Gasteiger partial charge in [0.15, 0.2) is 0 Å². The van der Waals surface area contributed by atoms with E-state index in [1.54, 1.807) is 19.1 Å². The van der Waals surface area contributed by atoms with E-state index in [4.69, 9.17) is 5.11 Å². The monoisotopic (exact) mass is 268 g/mol. The Labute approximate surface area is 111 Å². The van der Waals surface area contributed by atoms with Gasteiger partial charge in [0.25, 0.3) is 0 Å². The summed E-state index contributed by atoms with van der Waals surface area (Å²) in [5.41, 5.74) is 0.655. The van der Waals surface area contributed by atoms with Crippen molar-refractivity contribution in [1.29, 1.82) is 0 Å². The molecule has 0 saturated carbocycles. The summed E-state index contributed by atoms with van der Waals surface area (Å²) >= 11 is 0. The van der Waals surface area contributed by atoms with E-state index in [0.717, 1.165) is 0 Å². The number of carbonyl (C=O) groups is 2. The average molecular weight is 268 g/mol. The molecule has 1 aromatic rings. The second kappa shape index (κ2) is 7.35. The molecule has 0 spiro atoms. The number of hydrogen-bond donors (Lipinski definition) is 2. The zero-order valence-electron chi connectivity index (χ0n) is 10.7. The van der Waals surface area contributed by atoms with E-state index in [9.17, 15) is 14.0 Å². The molecule has 0 aliphatic rings. The van der Waals surface area contributed by atoms with E-state index in [0.29, 0.717) is 12.1 Å². The minimum absolute atomic E-state index is 0.0960. The van der Waals surface area contributed by atoms with Crippen LogP contribution in [0, 0.1) is 5.82 Å². The van der Waals surface area contributed by atoms with E-state index < -0.39 is 5.97 Å². The number of carbonyl (C=O) groups excluding carboxylic acids is 1. The number of benzene rings is 1. The third kappa shape index (κ3) is 5.37. The summed E-state index contributed by atoms with van der Waals surface area (Å²) in [6.45, 7) is 2.55. The fourth-order valence-electron chi connectivity index (χ4n) is 1.57. The standard InChI is InChI=1S/C13H17FN2O3/c1-2-16(7-6-12(17)18)13(19)15-9-10-4-3-5-11(14)8-10/h3-5,8H,2,6-7,9H2,1H3,(H,15,19)(H,17,18). The topological polar surface area (TPSA) is 69.6 Å². The van der Waals surface area contributed by atoms with Crippen molar-refractivity contribution in [2.24, 2.45) is 0 Å². The van der Waals surface area contributed by atoms with Crippen molar-refractivity contribution in [1.82, 2.24) is 10.2 Å². The Morgan fingerprint density at radius 2 is 2.16 bits per heavy atom. The molecule has 2 N–H and O–H groups in total. The lowest BCUT2D eigenvalue weighted by Gasteiger charge is -2.20. The lowest BCUT2D eigenvalue weighted by atomic mass is 10.2. The molecule has 1 aromatic carbocycles. The van der Waals surface area contributed by atoms with Crippen molar-refractivity contribution in [3.63, 3.8) is 0 Å². The first-order valence-corrected chi connectivity index (χ1v) is 6.02. The number of carboxylic acids is 1. The van der Waals surface area contributed by atoms with Crippen LogP contribution >= 0.6 is 0 Å². The zero-order valence-corrected chi connectivity index (χ0v) is 10.7. The van der Waals surface area contributed by atoms with Crippen LogP contribution in [0.3, 0.4) is 0 Å². The van der Waals surface area contributed by atoms with Crippen LogP contribution in [0.1, 0.15) is 18.9 Å².